The van der Waals surface area contributed by atoms with Crippen LogP contribution >= 0.6 is 11.6 Å². The zero-order chi connectivity index (χ0) is 12.3. The van der Waals surface area contributed by atoms with Crippen molar-refractivity contribution in [3.05, 3.63) is 58.6 Å². The molecule has 17 heavy (non-hydrogen) atoms. The van der Waals surface area contributed by atoms with Crippen molar-refractivity contribution >= 4 is 29.3 Å². The van der Waals surface area contributed by atoms with Crippen molar-refractivity contribution in [2.24, 2.45) is 0 Å². The smallest absolute Gasteiger partial charge is 0.150 e. The first-order chi connectivity index (χ1) is 8.20. The third-order valence-electron chi connectivity index (χ3n) is 2.54. The number of carbonyl (C=O) groups excluding carboxylic acids is 1. The van der Waals surface area contributed by atoms with Crippen molar-refractivity contribution in [1.82, 2.24) is 0 Å². The van der Waals surface area contributed by atoms with Crippen LogP contribution in [0.2, 0.25) is 5.02 Å². The van der Waals surface area contributed by atoms with Gasteiger partial charge in [-0.05, 0) is 42.8 Å². The number of carbonyl (C=O) groups is 1. The van der Waals surface area contributed by atoms with Crippen molar-refractivity contribution in [3.8, 4) is 0 Å². The third-order valence-corrected chi connectivity index (χ3v) is 2.85. The molecule has 0 aliphatic carbocycles. The van der Waals surface area contributed by atoms with E-state index < -0.39 is 0 Å². The molecule has 0 unspecified atom stereocenters. The van der Waals surface area contributed by atoms with Gasteiger partial charge in [0.2, 0.25) is 0 Å². The van der Waals surface area contributed by atoms with Crippen molar-refractivity contribution in [3.63, 3.8) is 0 Å². The van der Waals surface area contributed by atoms with Crippen molar-refractivity contribution in [2.45, 2.75) is 6.92 Å². The lowest BCUT2D eigenvalue weighted by Crippen LogP contribution is -1.94. The van der Waals surface area contributed by atoms with Gasteiger partial charge in [-0.2, -0.15) is 0 Å². The maximum atomic E-state index is 10.5. The molecule has 3 heteroatoms. The predicted molar refractivity (Wildman–Crippen MR) is 71.3 cm³/mol. The Morgan fingerprint density at radius 3 is 2.41 bits per heavy atom. The van der Waals surface area contributed by atoms with Gasteiger partial charge in [-0.3, -0.25) is 4.79 Å². The highest BCUT2D eigenvalue weighted by Gasteiger charge is 2.03. The first-order valence-electron chi connectivity index (χ1n) is 5.28. The molecule has 0 radical (unpaired) electrons. The molecule has 0 aliphatic heterocycles. The molecule has 1 N–H and O–H groups in total. The molecule has 2 aromatic rings. The maximum absolute atomic E-state index is 10.5. The average molecular weight is 246 g/mol. The Hall–Kier alpha value is -1.80. The lowest BCUT2D eigenvalue weighted by molar-refractivity contribution is 0.112. The highest BCUT2D eigenvalue weighted by Crippen LogP contribution is 2.28. The standard InChI is InChI=1S/C14H12ClNO/c1-10-3-2-4-13(15)14(10)16-12-7-5-11(9-17)6-8-12/h2-9,16H,1H3. The first kappa shape index (κ1) is 11.7. The molecule has 2 aromatic carbocycles. The van der Waals surface area contributed by atoms with Gasteiger partial charge in [-0.1, -0.05) is 23.7 Å². The number of para-hydroxylation sites is 1. The summed E-state index contributed by atoms with van der Waals surface area (Å²) in [5, 5.41) is 3.93. The van der Waals surface area contributed by atoms with Gasteiger partial charge in [0.25, 0.3) is 0 Å². The zero-order valence-corrected chi connectivity index (χ0v) is 10.2. The lowest BCUT2D eigenvalue weighted by Gasteiger charge is -2.11. The molecular weight excluding hydrogens is 234 g/mol. The van der Waals surface area contributed by atoms with Gasteiger partial charge in [0.1, 0.15) is 6.29 Å². The number of aldehydes is 1. The summed E-state index contributed by atoms with van der Waals surface area (Å²) in [5.74, 6) is 0. The Labute approximate surface area is 105 Å². The Kier molecular flexibility index (Phi) is 3.45. The van der Waals surface area contributed by atoms with Crippen LogP contribution in [-0.4, -0.2) is 6.29 Å². The molecule has 0 heterocycles. The highest BCUT2D eigenvalue weighted by molar-refractivity contribution is 6.33. The first-order valence-corrected chi connectivity index (χ1v) is 5.66. The van der Waals surface area contributed by atoms with Crippen LogP contribution in [0.1, 0.15) is 15.9 Å². The minimum Gasteiger partial charge on any atom is -0.354 e. The summed E-state index contributed by atoms with van der Waals surface area (Å²) in [7, 11) is 0. The quantitative estimate of drug-likeness (QED) is 0.821. The largest absolute Gasteiger partial charge is 0.354 e. The van der Waals surface area contributed by atoms with Gasteiger partial charge < -0.3 is 5.32 Å². The number of hydrogen-bond acceptors (Lipinski definition) is 2. The second-order valence-corrected chi connectivity index (χ2v) is 4.20. The molecule has 2 rings (SSSR count). The van der Waals surface area contributed by atoms with Crippen molar-refractivity contribution < 1.29 is 4.79 Å². The van der Waals surface area contributed by atoms with Crippen LogP contribution in [0.4, 0.5) is 11.4 Å². The molecule has 0 spiro atoms. The minimum atomic E-state index is 0.659. The van der Waals surface area contributed by atoms with Gasteiger partial charge in [-0.15, -0.1) is 0 Å². The second-order valence-electron chi connectivity index (χ2n) is 3.80. The number of aryl methyl sites for hydroxylation is 1. The fraction of sp³-hybridized carbons (Fsp3) is 0.0714. The number of rotatable bonds is 3. The van der Waals surface area contributed by atoms with E-state index in [4.69, 9.17) is 11.6 Å². The van der Waals surface area contributed by atoms with Gasteiger partial charge >= 0.3 is 0 Å². The zero-order valence-electron chi connectivity index (χ0n) is 9.41. The summed E-state index contributed by atoms with van der Waals surface area (Å²) in [6.07, 6.45) is 0.824. The van der Waals surface area contributed by atoms with Gasteiger partial charge in [0.15, 0.2) is 0 Å². The summed E-state index contributed by atoms with van der Waals surface area (Å²) in [6, 6.07) is 13.0. The van der Waals surface area contributed by atoms with E-state index in [-0.39, 0.29) is 0 Å². The fourth-order valence-electron chi connectivity index (χ4n) is 1.58. The van der Waals surface area contributed by atoms with E-state index >= 15 is 0 Å². The number of benzene rings is 2. The average Bonchev–Trinajstić information content (AvgIpc) is 2.35. The SMILES string of the molecule is Cc1cccc(Cl)c1Nc1ccc(C=O)cc1. The molecule has 0 saturated heterocycles. The van der Waals surface area contributed by atoms with Crippen LogP contribution in [0.25, 0.3) is 0 Å². The molecule has 0 amide bonds. The van der Waals surface area contributed by atoms with Gasteiger partial charge in [0, 0.05) is 11.3 Å². The van der Waals surface area contributed by atoms with E-state index in [0.29, 0.717) is 10.6 Å². The summed E-state index contributed by atoms with van der Waals surface area (Å²) in [6.45, 7) is 1.99. The highest BCUT2D eigenvalue weighted by atomic mass is 35.5. The molecule has 0 saturated carbocycles. The number of anilines is 2. The predicted octanol–water partition coefficient (Wildman–Crippen LogP) is 4.20. The van der Waals surface area contributed by atoms with Crippen LogP contribution < -0.4 is 5.32 Å². The van der Waals surface area contributed by atoms with Crippen molar-refractivity contribution in [2.75, 3.05) is 5.32 Å². The Bertz CT molecular complexity index is 514. The lowest BCUT2D eigenvalue weighted by atomic mass is 10.1. The molecular formula is C14H12ClNO. The number of hydrogen-bond donors (Lipinski definition) is 1. The monoisotopic (exact) mass is 245 g/mol. The molecule has 0 bridgehead atoms. The summed E-state index contributed by atoms with van der Waals surface area (Å²) in [5.41, 5.74) is 3.54. The van der Waals surface area contributed by atoms with E-state index in [0.717, 1.165) is 23.2 Å². The molecule has 0 aliphatic rings. The summed E-state index contributed by atoms with van der Waals surface area (Å²) >= 11 is 6.12. The van der Waals surface area contributed by atoms with Gasteiger partial charge in [0.05, 0.1) is 10.7 Å². The van der Waals surface area contributed by atoms with Crippen LogP contribution in [-0.2, 0) is 0 Å². The summed E-state index contributed by atoms with van der Waals surface area (Å²) in [4.78, 5) is 10.5. The van der Waals surface area contributed by atoms with Crippen LogP contribution in [0.5, 0.6) is 0 Å². The number of halogens is 1. The van der Waals surface area contributed by atoms with E-state index in [2.05, 4.69) is 5.32 Å². The fourth-order valence-corrected chi connectivity index (χ4v) is 1.85. The normalized spacial score (nSPS) is 10.0. The van der Waals surface area contributed by atoms with E-state index in [1.807, 2.05) is 37.3 Å². The second kappa shape index (κ2) is 5.02. The maximum Gasteiger partial charge on any atom is 0.150 e. The van der Waals surface area contributed by atoms with Crippen LogP contribution in [0.15, 0.2) is 42.5 Å². The van der Waals surface area contributed by atoms with Crippen LogP contribution in [0.3, 0.4) is 0 Å². The Morgan fingerprint density at radius 2 is 1.82 bits per heavy atom. The third kappa shape index (κ3) is 2.66. The Balaban J connectivity index is 2.28. The molecule has 0 fully saturated rings. The Morgan fingerprint density at radius 1 is 1.12 bits per heavy atom. The molecule has 0 aromatic heterocycles. The minimum absolute atomic E-state index is 0.659. The molecule has 86 valence electrons. The van der Waals surface area contributed by atoms with Crippen LogP contribution in [0, 0.1) is 6.92 Å². The van der Waals surface area contributed by atoms with Crippen molar-refractivity contribution in [1.29, 1.82) is 0 Å². The van der Waals surface area contributed by atoms with E-state index in [9.17, 15) is 4.79 Å². The molecule has 0 atom stereocenters. The van der Waals surface area contributed by atoms with E-state index in [1.165, 1.54) is 0 Å². The molecule has 2 nitrogen and oxygen atoms in total. The van der Waals surface area contributed by atoms with E-state index in [1.54, 1.807) is 12.1 Å². The topological polar surface area (TPSA) is 29.1 Å². The van der Waals surface area contributed by atoms with Gasteiger partial charge in [-0.25, -0.2) is 0 Å². The number of nitrogens with one attached hydrogen (secondary N) is 1. The summed E-state index contributed by atoms with van der Waals surface area (Å²) < 4.78 is 0.